The van der Waals surface area contributed by atoms with E-state index in [-0.39, 0.29) is 11.9 Å². The Morgan fingerprint density at radius 1 is 1.73 bits per heavy atom. The first-order chi connectivity index (χ1) is 7.26. The van der Waals surface area contributed by atoms with Gasteiger partial charge in [-0.25, -0.2) is 4.98 Å². The van der Waals surface area contributed by atoms with Gasteiger partial charge in [0, 0.05) is 25.4 Å². The van der Waals surface area contributed by atoms with Crippen molar-refractivity contribution < 1.29 is 4.79 Å². The van der Waals surface area contributed by atoms with Crippen molar-refractivity contribution in [3.63, 3.8) is 0 Å². The van der Waals surface area contributed by atoms with Crippen LogP contribution in [0.2, 0.25) is 0 Å². The maximum Gasteiger partial charge on any atom is 0.222 e. The normalized spacial score (nSPS) is 11.7. The molecule has 0 aromatic carbocycles. The van der Waals surface area contributed by atoms with Gasteiger partial charge in [0.1, 0.15) is 0 Å². The molecule has 15 heavy (non-hydrogen) atoms. The summed E-state index contributed by atoms with van der Waals surface area (Å²) in [5.74, 6) is 2.50. The first-order valence-corrected chi connectivity index (χ1v) is 4.97. The predicted octanol–water partition coefficient (Wildman–Crippen LogP) is 0.801. The lowest BCUT2D eigenvalue weighted by atomic mass is 10.2. The van der Waals surface area contributed by atoms with Gasteiger partial charge in [-0.2, -0.15) is 0 Å². The highest BCUT2D eigenvalue weighted by Gasteiger charge is 2.06. The molecule has 1 aromatic heterocycles. The average Bonchev–Trinajstić information content (AvgIpc) is 2.75. The Hall–Kier alpha value is -1.76. The monoisotopic (exact) mass is 205 g/mol. The van der Waals surface area contributed by atoms with E-state index in [1.807, 2.05) is 17.7 Å². The Morgan fingerprint density at radius 2 is 2.53 bits per heavy atom. The SMILES string of the molecule is C#CC(CC)NC(=O)CCn1ccnc1. The number of terminal acetylenes is 1. The van der Waals surface area contributed by atoms with Crippen molar-refractivity contribution in [3.05, 3.63) is 18.7 Å². The fourth-order valence-electron chi connectivity index (χ4n) is 1.18. The second kappa shape index (κ2) is 5.86. The van der Waals surface area contributed by atoms with Gasteiger partial charge in [-0.05, 0) is 6.42 Å². The maximum absolute atomic E-state index is 11.4. The number of carbonyl (C=O) groups excluding carboxylic acids is 1. The van der Waals surface area contributed by atoms with Gasteiger partial charge in [-0.15, -0.1) is 6.42 Å². The van der Waals surface area contributed by atoms with E-state index >= 15 is 0 Å². The molecule has 1 amide bonds. The van der Waals surface area contributed by atoms with E-state index in [9.17, 15) is 4.79 Å². The Labute approximate surface area is 89.7 Å². The van der Waals surface area contributed by atoms with Crippen LogP contribution >= 0.6 is 0 Å². The Kier molecular flexibility index (Phi) is 4.42. The minimum Gasteiger partial charge on any atom is -0.342 e. The van der Waals surface area contributed by atoms with Crippen LogP contribution in [0.15, 0.2) is 18.7 Å². The fourth-order valence-corrected chi connectivity index (χ4v) is 1.18. The van der Waals surface area contributed by atoms with Crippen LogP contribution in [-0.2, 0) is 11.3 Å². The topological polar surface area (TPSA) is 46.9 Å². The number of nitrogens with one attached hydrogen (secondary N) is 1. The Balaban J connectivity index is 2.28. The van der Waals surface area contributed by atoms with E-state index in [4.69, 9.17) is 6.42 Å². The van der Waals surface area contributed by atoms with Crippen molar-refractivity contribution >= 4 is 5.91 Å². The molecule has 1 N–H and O–H groups in total. The van der Waals surface area contributed by atoms with Crippen LogP contribution in [0.4, 0.5) is 0 Å². The number of rotatable bonds is 5. The second-order valence-electron chi connectivity index (χ2n) is 3.25. The van der Waals surface area contributed by atoms with Crippen LogP contribution in [0.5, 0.6) is 0 Å². The average molecular weight is 205 g/mol. The van der Waals surface area contributed by atoms with E-state index in [0.29, 0.717) is 13.0 Å². The van der Waals surface area contributed by atoms with Crippen molar-refractivity contribution in [2.24, 2.45) is 0 Å². The molecule has 4 nitrogen and oxygen atoms in total. The van der Waals surface area contributed by atoms with Crippen molar-refractivity contribution in [3.8, 4) is 12.3 Å². The summed E-state index contributed by atoms with van der Waals surface area (Å²) in [7, 11) is 0. The fraction of sp³-hybridized carbons (Fsp3) is 0.455. The summed E-state index contributed by atoms with van der Waals surface area (Å²) in [4.78, 5) is 15.3. The van der Waals surface area contributed by atoms with E-state index in [0.717, 1.165) is 6.42 Å². The van der Waals surface area contributed by atoms with Crippen molar-refractivity contribution in [2.45, 2.75) is 32.4 Å². The Bertz CT molecular complexity index is 337. The first kappa shape index (κ1) is 11.3. The maximum atomic E-state index is 11.4. The van der Waals surface area contributed by atoms with E-state index in [2.05, 4.69) is 16.2 Å². The number of hydrogen-bond donors (Lipinski definition) is 1. The van der Waals surface area contributed by atoms with Crippen molar-refractivity contribution in [2.75, 3.05) is 0 Å². The Morgan fingerprint density at radius 3 is 3.07 bits per heavy atom. The third-order valence-corrected chi connectivity index (χ3v) is 2.10. The minimum atomic E-state index is -0.153. The number of aryl methyl sites for hydroxylation is 1. The highest BCUT2D eigenvalue weighted by Crippen LogP contribution is 1.93. The lowest BCUT2D eigenvalue weighted by Crippen LogP contribution is -2.33. The van der Waals surface area contributed by atoms with Gasteiger partial charge < -0.3 is 9.88 Å². The van der Waals surface area contributed by atoms with E-state index in [1.165, 1.54) is 0 Å². The zero-order chi connectivity index (χ0) is 11.1. The van der Waals surface area contributed by atoms with Gasteiger partial charge in [0.15, 0.2) is 0 Å². The predicted molar refractivity (Wildman–Crippen MR) is 57.9 cm³/mol. The molecule has 1 aromatic rings. The van der Waals surface area contributed by atoms with Crippen LogP contribution in [-0.4, -0.2) is 21.5 Å². The number of aromatic nitrogens is 2. The molecule has 80 valence electrons. The summed E-state index contributed by atoms with van der Waals surface area (Å²) in [6.07, 6.45) is 11.6. The highest BCUT2D eigenvalue weighted by atomic mass is 16.1. The zero-order valence-electron chi connectivity index (χ0n) is 8.81. The molecule has 0 radical (unpaired) electrons. The highest BCUT2D eigenvalue weighted by molar-refractivity contribution is 5.76. The minimum absolute atomic E-state index is 0.0199. The summed E-state index contributed by atoms with van der Waals surface area (Å²) < 4.78 is 1.86. The molecule has 4 heteroatoms. The first-order valence-electron chi connectivity index (χ1n) is 4.97. The molecule has 0 aliphatic carbocycles. The molecule has 0 aliphatic rings. The molecule has 0 saturated carbocycles. The molecule has 0 fully saturated rings. The summed E-state index contributed by atoms with van der Waals surface area (Å²) in [5, 5.41) is 2.77. The molecule has 1 unspecified atom stereocenters. The molecule has 0 saturated heterocycles. The van der Waals surface area contributed by atoms with Gasteiger partial charge in [-0.3, -0.25) is 4.79 Å². The van der Waals surface area contributed by atoms with Crippen LogP contribution in [0.1, 0.15) is 19.8 Å². The quantitative estimate of drug-likeness (QED) is 0.723. The molecular weight excluding hydrogens is 190 g/mol. The molecule has 1 atom stereocenters. The molecule has 1 rings (SSSR count). The largest absolute Gasteiger partial charge is 0.342 e. The summed E-state index contributed by atoms with van der Waals surface area (Å²) in [6, 6.07) is -0.153. The van der Waals surface area contributed by atoms with Crippen LogP contribution in [0.25, 0.3) is 0 Å². The molecular formula is C11H15N3O. The zero-order valence-corrected chi connectivity index (χ0v) is 8.81. The smallest absolute Gasteiger partial charge is 0.222 e. The van der Waals surface area contributed by atoms with Gasteiger partial charge in [-0.1, -0.05) is 12.8 Å². The van der Waals surface area contributed by atoms with E-state index in [1.54, 1.807) is 12.5 Å². The number of imidazole rings is 1. The third-order valence-electron chi connectivity index (χ3n) is 2.10. The van der Waals surface area contributed by atoms with Crippen LogP contribution in [0.3, 0.4) is 0 Å². The van der Waals surface area contributed by atoms with Crippen molar-refractivity contribution in [1.29, 1.82) is 0 Å². The second-order valence-corrected chi connectivity index (χ2v) is 3.25. The summed E-state index contributed by atoms with van der Waals surface area (Å²) in [5.41, 5.74) is 0. The summed E-state index contributed by atoms with van der Waals surface area (Å²) in [6.45, 7) is 2.58. The lowest BCUT2D eigenvalue weighted by Gasteiger charge is -2.10. The summed E-state index contributed by atoms with van der Waals surface area (Å²) >= 11 is 0. The number of carbonyl (C=O) groups is 1. The van der Waals surface area contributed by atoms with Gasteiger partial charge >= 0.3 is 0 Å². The lowest BCUT2D eigenvalue weighted by molar-refractivity contribution is -0.121. The molecule has 0 bridgehead atoms. The number of amides is 1. The standard InChI is InChI=1S/C11H15N3O/c1-3-10(4-2)13-11(15)5-7-14-8-6-12-9-14/h1,6,8-10H,4-5,7H2,2H3,(H,13,15). The molecule has 0 aliphatic heterocycles. The number of nitrogens with zero attached hydrogens (tertiary/aromatic N) is 2. The van der Waals surface area contributed by atoms with Crippen LogP contribution < -0.4 is 5.32 Å². The van der Waals surface area contributed by atoms with Gasteiger partial charge in [0.25, 0.3) is 0 Å². The molecule has 0 spiro atoms. The van der Waals surface area contributed by atoms with E-state index < -0.39 is 0 Å². The van der Waals surface area contributed by atoms with Crippen molar-refractivity contribution in [1.82, 2.24) is 14.9 Å². The van der Waals surface area contributed by atoms with Gasteiger partial charge in [0.2, 0.25) is 5.91 Å². The van der Waals surface area contributed by atoms with Crippen LogP contribution in [0, 0.1) is 12.3 Å². The third kappa shape index (κ3) is 3.86. The molecule has 1 heterocycles. The number of hydrogen-bond acceptors (Lipinski definition) is 2. The van der Waals surface area contributed by atoms with Gasteiger partial charge in [0.05, 0.1) is 12.4 Å².